The van der Waals surface area contributed by atoms with Crippen LogP contribution in [0.4, 0.5) is 0 Å². The van der Waals surface area contributed by atoms with Crippen molar-refractivity contribution in [2.24, 2.45) is 0 Å². The van der Waals surface area contributed by atoms with E-state index in [1.54, 1.807) is 14.2 Å². The van der Waals surface area contributed by atoms with Crippen LogP contribution < -0.4 is 4.35 Å². The van der Waals surface area contributed by atoms with E-state index >= 15 is 0 Å². The summed E-state index contributed by atoms with van der Waals surface area (Å²) in [5, 5.41) is 0. The molecule has 1 rings (SSSR count). The van der Waals surface area contributed by atoms with E-state index in [0.717, 1.165) is 0 Å². The fourth-order valence-corrected chi connectivity index (χ4v) is 2.90. The Bertz CT molecular complexity index is 197. The van der Waals surface area contributed by atoms with Gasteiger partial charge in [-0.05, 0) is 0 Å². The average molecular weight is 214 g/mol. The Morgan fingerprint density at radius 2 is 1.55 bits per heavy atom. The van der Waals surface area contributed by atoms with Crippen LogP contribution in [-0.2, 0) is 7.45 Å². The first-order valence-corrected chi connectivity index (χ1v) is 5.79. The Hall–Kier alpha value is -0.302. The van der Waals surface area contributed by atoms with Gasteiger partial charge in [0.1, 0.15) is 0 Å². The predicted octanol–water partition coefficient (Wildman–Crippen LogP) is 0.675. The van der Waals surface area contributed by atoms with Crippen molar-refractivity contribution in [3.8, 4) is 0 Å². The van der Waals surface area contributed by atoms with Crippen molar-refractivity contribution in [1.82, 2.24) is 0 Å². The summed E-state index contributed by atoms with van der Waals surface area (Å²) in [5.41, 5.74) is 0. The van der Waals surface area contributed by atoms with E-state index in [1.807, 2.05) is 30.3 Å². The molecule has 0 atom stereocenters. The molecule has 0 aliphatic carbocycles. The van der Waals surface area contributed by atoms with Gasteiger partial charge >= 0.3 is 71.7 Å². The summed E-state index contributed by atoms with van der Waals surface area (Å²) in [6.45, 7) is 0. The van der Waals surface area contributed by atoms with Crippen LogP contribution in [0.15, 0.2) is 30.3 Å². The van der Waals surface area contributed by atoms with E-state index in [9.17, 15) is 0 Å². The normalized spacial score (nSPS) is 10.5. The van der Waals surface area contributed by atoms with Crippen molar-refractivity contribution < 1.29 is 7.45 Å². The number of hydrogen-bond donors (Lipinski definition) is 0. The van der Waals surface area contributed by atoms with Crippen LogP contribution in [-0.4, -0.2) is 29.6 Å². The topological polar surface area (TPSA) is 18.5 Å². The quantitative estimate of drug-likeness (QED) is 0.688. The molecule has 3 heteroatoms. The second-order valence-corrected chi connectivity index (χ2v) is 5.65. The van der Waals surface area contributed by atoms with E-state index < -0.39 is 15.3 Å². The van der Waals surface area contributed by atoms with Gasteiger partial charge in [-0.3, -0.25) is 0 Å². The second kappa shape index (κ2) is 4.55. The molecule has 0 spiro atoms. The molecule has 0 bridgehead atoms. The Balaban J connectivity index is 2.74. The molecule has 60 valence electrons. The average Bonchev–Trinajstić information content (AvgIpc) is 2.09. The van der Waals surface area contributed by atoms with Gasteiger partial charge in [-0.1, -0.05) is 0 Å². The first-order chi connectivity index (χ1) is 5.38. The molecule has 1 aromatic rings. The maximum absolute atomic E-state index is 5.21. The zero-order chi connectivity index (χ0) is 8.10. The van der Waals surface area contributed by atoms with Crippen LogP contribution in [0.5, 0.6) is 0 Å². The molecule has 2 nitrogen and oxygen atoms in total. The third kappa shape index (κ3) is 2.33. The molecule has 0 N–H and O–H groups in total. The first-order valence-electron chi connectivity index (χ1n) is 3.32. The van der Waals surface area contributed by atoms with Gasteiger partial charge in [0.15, 0.2) is 0 Å². The summed E-state index contributed by atoms with van der Waals surface area (Å²) < 4.78 is 11.6. The summed E-state index contributed by atoms with van der Waals surface area (Å²) in [6, 6.07) is 10.0. The fraction of sp³-hybridized carbons (Fsp3) is 0.250. The summed E-state index contributed by atoms with van der Waals surface area (Å²) in [4.78, 5) is 0. The molecule has 0 unspecified atom stereocenters. The Labute approximate surface area is 72.1 Å². The SMILES string of the molecule is CO[As](OC)c1ccccc1. The van der Waals surface area contributed by atoms with Gasteiger partial charge in [0.05, 0.1) is 0 Å². The molecule has 0 aliphatic rings. The van der Waals surface area contributed by atoms with Crippen molar-refractivity contribution in [3.63, 3.8) is 0 Å². The molecule has 0 aromatic heterocycles. The van der Waals surface area contributed by atoms with Crippen LogP contribution in [0, 0.1) is 0 Å². The summed E-state index contributed by atoms with van der Waals surface area (Å²) >= 11 is -1.62. The van der Waals surface area contributed by atoms with Crippen molar-refractivity contribution >= 4 is 19.7 Å². The minimum absolute atomic E-state index is 1.19. The predicted molar refractivity (Wildman–Crippen MR) is 45.8 cm³/mol. The van der Waals surface area contributed by atoms with Crippen molar-refractivity contribution in [2.75, 3.05) is 14.2 Å². The van der Waals surface area contributed by atoms with E-state index in [2.05, 4.69) is 0 Å². The third-order valence-corrected chi connectivity index (χ3v) is 4.20. The van der Waals surface area contributed by atoms with Crippen molar-refractivity contribution in [2.45, 2.75) is 0 Å². The Morgan fingerprint density at radius 1 is 1.00 bits per heavy atom. The molecule has 0 saturated carbocycles. The Morgan fingerprint density at radius 3 is 2.00 bits per heavy atom. The van der Waals surface area contributed by atoms with Crippen LogP contribution in [0.25, 0.3) is 0 Å². The van der Waals surface area contributed by atoms with E-state index in [1.165, 1.54) is 4.35 Å². The summed E-state index contributed by atoms with van der Waals surface area (Å²) in [7, 11) is 3.38. The third-order valence-electron chi connectivity index (χ3n) is 1.30. The molecule has 0 amide bonds. The monoisotopic (exact) mass is 214 g/mol. The second-order valence-electron chi connectivity index (χ2n) is 1.96. The van der Waals surface area contributed by atoms with Gasteiger partial charge in [-0.2, -0.15) is 0 Å². The molecule has 0 radical (unpaired) electrons. The molecule has 0 heterocycles. The van der Waals surface area contributed by atoms with Crippen LogP contribution in [0.3, 0.4) is 0 Å². The summed E-state index contributed by atoms with van der Waals surface area (Å²) in [6.07, 6.45) is 0. The molecule has 11 heavy (non-hydrogen) atoms. The van der Waals surface area contributed by atoms with Gasteiger partial charge < -0.3 is 0 Å². The van der Waals surface area contributed by atoms with Crippen LogP contribution >= 0.6 is 0 Å². The molecule has 0 aliphatic heterocycles. The van der Waals surface area contributed by atoms with E-state index in [4.69, 9.17) is 7.45 Å². The Kier molecular flexibility index (Phi) is 3.64. The van der Waals surface area contributed by atoms with Crippen molar-refractivity contribution in [3.05, 3.63) is 30.3 Å². The van der Waals surface area contributed by atoms with E-state index in [0.29, 0.717) is 0 Å². The molecule has 0 fully saturated rings. The molecule has 1 aromatic carbocycles. The first kappa shape index (κ1) is 8.79. The van der Waals surface area contributed by atoms with Gasteiger partial charge in [0.25, 0.3) is 0 Å². The van der Waals surface area contributed by atoms with Gasteiger partial charge in [-0.15, -0.1) is 0 Å². The standard InChI is InChI=1S/C8H11AsO2/c1-10-9(11-2)8-6-4-3-5-7-8/h3-7H,1-2H3. The molecular formula is C8H11AsO2. The zero-order valence-corrected chi connectivity index (χ0v) is 8.53. The van der Waals surface area contributed by atoms with Crippen molar-refractivity contribution in [1.29, 1.82) is 0 Å². The fourth-order valence-electron chi connectivity index (χ4n) is 0.835. The molecular weight excluding hydrogens is 203 g/mol. The van der Waals surface area contributed by atoms with Gasteiger partial charge in [-0.25, -0.2) is 0 Å². The van der Waals surface area contributed by atoms with Gasteiger partial charge in [0, 0.05) is 0 Å². The summed E-state index contributed by atoms with van der Waals surface area (Å²) in [5.74, 6) is 0. The number of benzene rings is 1. The van der Waals surface area contributed by atoms with Crippen LogP contribution in [0.1, 0.15) is 0 Å². The van der Waals surface area contributed by atoms with Crippen LogP contribution in [0.2, 0.25) is 0 Å². The molecule has 0 saturated heterocycles. The zero-order valence-electron chi connectivity index (χ0n) is 6.65. The van der Waals surface area contributed by atoms with Gasteiger partial charge in [0.2, 0.25) is 0 Å². The maximum atomic E-state index is 5.21. The number of rotatable bonds is 3. The number of hydrogen-bond acceptors (Lipinski definition) is 2. The van der Waals surface area contributed by atoms with E-state index in [-0.39, 0.29) is 0 Å². The minimum atomic E-state index is -1.62.